The van der Waals surface area contributed by atoms with Crippen LogP contribution in [0, 0.1) is 0 Å². The Morgan fingerprint density at radius 3 is 2.04 bits per heavy atom. The quantitative estimate of drug-likeness (QED) is 0.912. The molecule has 4 rings (SSSR count). The summed E-state index contributed by atoms with van der Waals surface area (Å²) >= 11 is 1.78. The molecule has 0 aliphatic carbocycles. The summed E-state index contributed by atoms with van der Waals surface area (Å²) in [5, 5.41) is 12.0. The zero-order chi connectivity index (χ0) is 15.9. The molecule has 120 valence electrons. The van der Waals surface area contributed by atoms with Gasteiger partial charge in [-0.15, -0.1) is 0 Å². The van der Waals surface area contributed by atoms with Crippen LogP contribution in [0.4, 0.5) is 0 Å². The summed E-state index contributed by atoms with van der Waals surface area (Å²) in [6.45, 7) is 4.39. The van der Waals surface area contributed by atoms with Crippen LogP contribution in [0.15, 0.2) is 58.3 Å². The highest BCUT2D eigenvalue weighted by atomic mass is 32.2. The van der Waals surface area contributed by atoms with Crippen molar-refractivity contribution in [3.8, 4) is 0 Å². The lowest BCUT2D eigenvalue weighted by molar-refractivity contribution is -0.0195. The first-order valence-corrected chi connectivity index (χ1v) is 9.40. The molecule has 2 heterocycles. The maximum absolute atomic E-state index is 12.0. The molecule has 2 aliphatic rings. The summed E-state index contributed by atoms with van der Waals surface area (Å²) < 4.78 is 0. The van der Waals surface area contributed by atoms with Crippen molar-refractivity contribution in [1.82, 2.24) is 4.90 Å². The molecular formula is C20H23NOS. The van der Waals surface area contributed by atoms with Gasteiger partial charge >= 0.3 is 0 Å². The molecule has 1 unspecified atom stereocenters. The van der Waals surface area contributed by atoms with Gasteiger partial charge < -0.3 is 5.11 Å². The van der Waals surface area contributed by atoms with Gasteiger partial charge in [0.25, 0.3) is 0 Å². The molecule has 0 bridgehead atoms. The summed E-state index contributed by atoms with van der Waals surface area (Å²) in [7, 11) is 0. The third-order valence-corrected chi connectivity index (χ3v) is 6.42. The predicted molar refractivity (Wildman–Crippen MR) is 94.9 cm³/mol. The van der Waals surface area contributed by atoms with Crippen LogP contribution < -0.4 is 0 Å². The van der Waals surface area contributed by atoms with Crippen LogP contribution in [0.25, 0.3) is 0 Å². The average Bonchev–Trinajstić information content (AvgIpc) is 3.10. The number of hydrogen-bond donors (Lipinski definition) is 1. The highest BCUT2D eigenvalue weighted by Gasteiger charge is 2.47. The number of fused-ring (bicyclic) bond motifs is 2. The minimum Gasteiger partial charge on any atom is -0.379 e. The Hall–Kier alpha value is -1.29. The van der Waals surface area contributed by atoms with E-state index >= 15 is 0 Å². The first-order valence-electron chi connectivity index (χ1n) is 8.58. The number of nitrogens with zero attached hydrogens (tertiary/aromatic N) is 1. The van der Waals surface area contributed by atoms with E-state index in [1.165, 1.54) is 22.6 Å². The molecule has 2 aromatic carbocycles. The van der Waals surface area contributed by atoms with Crippen LogP contribution in [0.1, 0.15) is 37.3 Å². The van der Waals surface area contributed by atoms with Gasteiger partial charge in [0.15, 0.2) is 0 Å². The van der Waals surface area contributed by atoms with Gasteiger partial charge in [-0.1, -0.05) is 55.1 Å². The third-order valence-electron chi connectivity index (χ3n) is 5.27. The van der Waals surface area contributed by atoms with Crippen molar-refractivity contribution in [3.63, 3.8) is 0 Å². The lowest BCUT2D eigenvalue weighted by Crippen LogP contribution is -2.51. The highest BCUT2D eigenvalue weighted by Crippen LogP contribution is 2.51. The van der Waals surface area contributed by atoms with Gasteiger partial charge in [0.05, 0.1) is 0 Å². The summed E-state index contributed by atoms with van der Waals surface area (Å²) in [4.78, 5) is 4.86. The second-order valence-corrected chi connectivity index (χ2v) is 7.61. The van der Waals surface area contributed by atoms with Crippen molar-refractivity contribution in [2.24, 2.45) is 0 Å². The maximum atomic E-state index is 12.0. The Bertz CT molecular complexity index is 663. The SMILES string of the molecule is CCC(N1CCCC1)C1(O)c2ccccc2Sc2ccccc21. The van der Waals surface area contributed by atoms with Crippen molar-refractivity contribution in [2.75, 3.05) is 13.1 Å². The van der Waals surface area contributed by atoms with Crippen molar-refractivity contribution >= 4 is 11.8 Å². The van der Waals surface area contributed by atoms with E-state index < -0.39 is 5.60 Å². The van der Waals surface area contributed by atoms with E-state index in [9.17, 15) is 5.11 Å². The highest BCUT2D eigenvalue weighted by molar-refractivity contribution is 7.99. The Morgan fingerprint density at radius 2 is 1.52 bits per heavy atom. The molecule has 1 atom stereocenters. The number of likely N-dealkylation sites (tertiary alicyclic amines) is 1. The van der Waals surface area contributed by atoms with Crippen molar-refractivity contribution < 1.29 is 5.11 Å². The normalized spacial score (nSPS) is 20.8. The zero-order valence-electron chi connectivity index (χ0n) is 13.5. The van der Waals surface area contributed by atoms with Gasteiger partial charge in [-0.3, -0.25) is 4.90 Å². The van der Waals surface area contributed by atoms with Crippen molar-refractivity contribution in [2.45, 2.75) is 47.6 Å². The van der Waals surface area contributed by atoms with Crippen LogP contribution in [-0.4, -0.2) is 29.1 Å². The smallest absolute Gasteiger partial charge is 0.132 e. The Labute approximate surface area is 142 Å². The Balaban J connectivity index is 1.91. The molecule has 23 heavy (non-hydrogen) atoms. The van der Waals surface area contributed by atoms with Crippen LogP contribution in [-0.2, 0) is 5.60 Å². The standard InChI is InChI=1S/C20H23NOS/c1-2-19(21-13-7-8-14-21)20(22)15-9-3-5-11-17(15)23-18-12-6-4-10-16(18)20/h3-6,9-12,19,22H,2,7-8,13-14H2,1H3. The number of benzene rings is 2. The van der Waals surface area contributed by atoms with Gasteiger partial charge in [0.2, 0.25) is 0 Å². The van der Waals surface area contributed by atoms with Gasteiger partial charge in [0, 0.05) is 27.0 Å². The average molecular weight is 325 g/mol. The molecule has 0 aromatic heterocycles. The van der Waals surface area contributed by atoms with Crippen LogP contribution in [0.5, 0.6) is 0 Å². The molecule has 2 aliphatic heterocycles. The maximum Gasteiger partial charge on any atom is 0.132 e. The van der Waals surface area contributed by atoms with E-state index in [1.54, 1.807) is 11.8 Å². The zero-order valence-corrected chi connectivity index (χ0v) is 14.4. The Morgan fingerprint density at radius 1 is 1.00 bits per heavy atom. The first kappa shape index (κ1) is 15.3. The summed E-state index contributed by atoms with van der Waals surface area (Å²) in [5.74, 6) is 0. The molecule has 1 saturated heterocycles. The van der Waals surface area contributed by atoms with Crippen molar-refractivity contribution in [1.29, 1.82) is 0 Å². The summed E-state index contributed by atoms with van der Waals surface area (Å²) in [6, 6.07) is 16.9. The molecule has 2 nitrogen and oxygen atoms in total. The molecular weight excluding hydrogens is 302 g/mol. The van der Waals surface area contributed by atoms with Gasteiger partial charge in [-0.25, -0.2) is 0 Å². The molecule has 0 amide bonds. The van der Waals surface area contributed by atoms with Crippen LogP contribution in [0.2, 0.25) is 0 Å². The minimum absolute atomic E-state index is 0.133. The molecule has 3 heteroatoms. The van der Waals surface area contributed by atoms with E-state index in [4.69, 9.17) is 0 Å². The summed E-state index contributed by atoms with van der Waals surface area (Å²) in [5.41, 5.74) is 1.22. The third kappa shape index (κ3) is 2.34. The molecule has 2 aromatic rings. The second kappa shape index (κ2) is 5.97. The molecule has 0 saturated carbocycles. The van der Waals surface area contributed by atoms with E-state index in [0.29, 0.717) is 0 Å². The predicted octanol–water partition coefficient (Wildman–Crippen LogP) is 4.26. The monoisotopic (exact) mass is 325 g/mol. The van der Waals surface area contributed by atoms with Gasteiger partial charge in [0.1, 0.15) is 5.60 Å². The lowest BCUT2D eigenvalue weighted by Gasteiger charge is -2.45. The van der Waals surface area contributed by atoms with Crippen LogP contribution in [0.3, 0.4) is 0 Å². The largest absolute Gasteiger partial charge is 0.379 e. The molecule has 0 spiro atoms. The van der Waals surface area contributed by atoms with Crippen LogP contribution >= 0.6 is 11.8 Å². The fourth-order valence-electron chi connectivity index (χ4n) is 4.23. The first-order chi connectivity index (χ1) is 11.2. The van der Waals surface area contributed by atoms with E-state index in [0.717, 1.165) is 30.6 Å². The molecule has 1 fully saturated rings. The fourth-order valence-corrected chi connectivity index (χ4v) is 5.43. The van der Waals surface area contributed by atoms with E-state index in [-0.39, 0.29) is 6.04 Å². The van der Waals surface area contributed by atoms with E-state index in [1.807, 2.05) is 0 Å². The molecule has 0 radical (unpaired) electrons. The number of aliphatic hydroxyl groups is 1. The lowest BCUT2D eigenvalue weighted by atomic mass is 9.78. The van der Waals surface area contributed by atoms with Gasteiger partial charge in [-0.05, 0) is 44.5 Å². The van der Waals surface area contributed by atoms with Crippen molar-refractivity contribution in [3.05, 3.63) is 59.7 Å². The number of rotatable bonds is 3. The topological polar surface area (TPSA) is 23.5 Å². The Kier molecular flexibility index (Phi) is 3.96. The minimum atomic E-state index is -0.919. The molecule has 1 N–H and O–H groups in total. The number of hydrogen-bond acceptors (Lipinski definition) is 3. The van der Waals surface area contributed by atoms with Gasteiger partial charge in [-0.2, -0.15) is 0 Å². The van der Waals surface area contributed by atoms with E-state index in [2.05, 4.69) is 60.4 Å². The second-order valence-electron chi connectivity index (χ2n) is 6.53. The fraction of sp³-hybridized carbons (Fsp3) is 0.400. The summed E-state index contributed by atoms with van der Waals surface area (Å²) in [6.07, 6.45) is 3.43.